The molecule has 0 aromatic heterocycles. The second-order valence-electron chi connectivity index (χ2n) is 6.25. The third-order valence-corrected chi connectivity index (χ3v) is 3.87. The molecule has 0 saturated carbocycles. The highest BCUT2D eigenvalue weighted by Gasteiger charge is 2.46. The van der Waals surface area contributed by atoms with Crippen molar-refractivity contribution in [2.75, 3.05) is 0 Å². The predicted molar refractivity (Wildman–Crippen MR) is 67.5 cm³/mol. The molecule has 1 heterocycles. The molecule has 0 spiro atoms. The Hall–Kier alpha value is -0.120. The van der Waals surface area contributed by atoms with Crippen LogP contribution >= 0.6 is 0 Å². The van der Waals surface area contributed by atoms with Gasteiger partial charge in [0.2, 0.25) is 0 Å². The molecule has 1 saturated heterocycles. The average Bonchev–Trinajstić information content (AvgIpc) is 2.14. The Bertz CT molecular complexity index is 230. The summed E-state index contributed by atoms with van der Waals surface area (Å²) in [5.41, 5.74) is 5.78. The fourth-order valence-electron chi connectivity index (χ4n) is 3.15. The maximum atomic E-state index is 10.4. The topological polar surface area (TPSA) is 49.5 Å². The van der Waals surface area contributed by atoms with Gasteiger partial charge in [-0.3, -0.25) is 0 Å². The molecule has 0 amide bonds. The number of rotatable bonds is 4. The van der Waals surface area contributed by atoms with Crippen molar-refractivity contribution >= 4 is 0 Å². The van der Waals surface area contributed by atoms with Gasteiger partial charge in [-0.25, -0.2) is 0 Å². The summed E-state index contributed by atoms with van der Waals surface area (Å²) in [6, 6.07) is 0.213. The van der Waals surface area contributed by atoms with Gasteiger partial charge in [0.1, 0.15) is 0 Å². The van der Waals surface area contributed by atoms with E-state index in [-0.39, 0.29) is 17.1 Å². The van der Waals surface area contributed by atoms with E-state index >= 15 is 0 Å². The van der Waals surface area contributed by atoms with E-state index in [1.54, 1.807) is 5.06 Å². The lowest BCUT2D eigenvalue weighted by Gasteiger charge is -2.52. The zero-order valence-electron chi connectivity index (χ0n) is 11.3. The zero-order valence-corrected chi connectivity index (χ0v) is 11.3. The highest BCUT2D eigenvalue weighted by atomic mass is 16.5. The summed E-state index contributed by atoms with van der Waals surface area (Å²) >= 11 is 0. The second kappa shape index (κ2) is 5.03. The van der Waals surface area contributed by atoms with E-state index in [1.807, 2.05) is 0 Å². The molecule has 16 heavy (non-hydrogen) atoms. The van der Waals surface area contributed by atoms with Crippen LogP contribution in [-0.2, 0) is 0 Å². The van der Waals surface area contributed by atoms with Crippen molar-refractivity contribution in [3.8, 4) is 0 Å². The van der Waals surface area contributed by atoms with Crippen LogP contribution in [0.4, 0.5) is 0 Å². The highest BCUT2D eigenvalue weighted by Crippen LogP contribution is 2.39. The molecule has 1 rings (SSSR count). The molecule has 2 unspecified atom stereocenters. The van der Waals surface area contributed by atoms with Gasteiger partial charge in [-0.15, -0.1) is 0 Å². The summed E-state index contributed by atoms with van der Waals surface area (Å²) in [4.78, 5) is 0. The third-order valence-electron chi connectivity index (χ3n) is 3.87. The van der Waals surface area contributed by atoms with Crippen molar-refractivity contribution in [1.82, 2.24) is 5.06 Å². The van der Waals surface area contributed by atoms with E-state index in [2.05, 4.69) is 27.7 Å². The van der Waals surface area contributed by atoms with E-state index in [1.165, 1.54) is 19.3 Å². The zero-order chi connectivity index (χ0) is 12.4. The Kier molecular flexibility index (Phi) is 4.38. The van der Waals surface area contributed by atoms with Crippen LogP contribution in [0.1, 0.15) is 66.2 Å². The summed E-state index contributed by atoms with van der Waals surface area (Å²) in [5.74, 6) is 0. The molecule has 96 valence electrons. The maximum absolute atomic E-state index is 10.4. The summed E-state index contributed by atoms with van der Waals surface area (Å²) in [6.45, 7) is 8.49. The van der Waals surface area contributed by atoms with Crippen molar-refractivity contribution in [3.05, 3.63) is 0 Å². The summed E-state index contributed by atoms with van der Waals surface area (Å²) in [6.07, 6.45) is 6.43. The van der Waals surface area contributed by atoms with Crippen LogP contribution in [0.25, 0.3) is 0 Å². The van der Waals surface area contributed by atoms with Gasteiger partial charge in [-0.05, 0) is 40.0 Å². The Morgan fingerprint density at radius 3 is 2.44 bits per heavy atom. The fraction of sp³-hybridized carbons (Fsp3) is 1.00. The van der Waals surface area contributed by atoms with Gasteiger partial charge in [-0.2, -0.15) is 5.06 Å². The first-order valence-electron chi connectivity index (χ1n) is 6.56. The fourth-order valence-corrected chi connectivity index (χ4v) is 3.15. The minimum Gasteiger partial charge on any atom is -0.328 e. The average molecular weight is 228 g/mol. The number of unbranched alkanes of at least 4 members (excludes halogenated alkanes) is 2. The lowest BCUT2D eigenvalue weighted by Crippen LogP contribution is -2.63. The lowest BCUT2D eigenvalue weighted by atomic mass is 9.76. The minimum absolute atomic E-state index is 0.143. The molecule has 0 aliphatic carbocycles. The van der Waals surface area contributed by atoms with Gasteiger partial charge in [0.25, 0.3) is 0 Å². The van der Waals surface area contributed by atoms with Gasteiger partial charge >= 0.3 is 0 Å². The van der Waals surface area contributed by atoms with Gasteiger partial charge in [0.05, 0.1) is 0 Å². The van der Waals surface area contributed by atoms with Crippen LogP contribution in [0.2, 0.25) is 0 Å². The molecule has 1 aliphatic heterocycles. The molecule has 1 fully saturated rings. The van der Waals surface area contributed by atoms with Crippen molar-refractivity contribution < 1.29 is 5.21 Å². The first-order chi connectivity index (χ1) is 7.32. The first-order valence-corrected chi connectivity index (χ1v) is 6.56. The molecule has 0 aromatic rings. The van der Waals surface area contributed by atoms with Crippen molar-refractivity contribution in [3.63, 3.8) is 0 Å². The Balaban J connectivity index is 2.68. The number of nitrogens with two attached hydrogens (primary N) is 1. The van der Waals surface area contributed by atoms with Gasteiger partial charge in [-0.1, -0.05) is 26.2 Å². The maximum Gasteiger partial charge on any atom is 0.0453 e. The van der Waals surface area contributed by atoms with Crippen molar-refractivity contribution in [2.45, 2.75) is 83.3 Å². The minimum atomic E-state index is -0.196. The van der Waals surface area contributed by atoms with Crippen molar-refractivity contribution in [1.29, 1.82) is 0 Å². The molecule has 0 radical (unpaired) electrons. The SMILES string of the molecule is CCCCCC1(C)CC(N)CC(C)(C)N1O. The molecular weight excluding hydrogens is 200 g/mol. The number of hydroxylamine groups is 2. The van der Waals surface area contributed by atoms with Crippen LogP contribution in [0.15, 0.2) is 0 Å². The van der Waals surface area contributed by atoms with E-state index in [0.29, 0.717) is 0 Å². The summed E-state index contributed by atoms with van der Waals surface area (Å²) in [7, 11) is 0. The molecule has 3 heteroatoms. The van der Waals surface area contributed by atoms with E-state index in [0.717, 1.165) is 19.3 Å². The second-order valence-corrected chi connectivity index (χ2v) is 6.25. The quantitative estimate of drug-likeness (QED) is 0.727. The predicted octanol–water partition coefficient (Wildman–Crippen LogP) is 2.92. The Labute approximate surface area is 100.0 Å². The number of hydrogen-bond acceptors (Lipinski definition) is 3. The van der Waals surface area contributed by atoms with Gasteiger partial charge in [0, 0.05) is 17.1 Å². The Morgan fingerprint density at radius 2 is 1.88 bits per heavy atom. The van der Waals surface area contributed by atoms with Crippen LogP contribution in [0, 0.1) is 0 Å². The van der Waals surface area contributed by atoms with E-state index < -0.39 is 0 Å². The molecule has 0 aromatic carbocycles. The first kappa shape index (κ1) is 13.9. The van der Waals surface area contributed by atoms with Gasteiger partial charge in [0.15, 0.2) is 0 Å². The van der Waals surface area contributed by atoms with E-state index in [4.69, 9.17) is 5.73 Å². The highest BCUT2D eigenvalue weighted by molar-refractivity contribution is 4.99. The van der Waals surface area contributed by atoms with E-state index in [9.17, 15) is 5.21 Å². The van der Waals surface area contributed by atoms with Crippen LogP contribution < -0.4 is 5.73 Å². The Morgan fingerprint density at radius 1 is 1.25 bits per heavy atom. The molecule has 1 aliphatic rings. The molecule has 3 nitrogen and oxygen atoms in total. The normalized spacial score (nSPS) is 35.2. The number of nitrogens with zero attached hydrogens (tertiary/aromatic N) is 1. The lowest BCUT2D eigenvalue weighted by molar-refractivity contribution is -0.252. The largest absolute Gasteiger partial charge is 0.328 e. The molecule has 2 atom stereocenters. The van der Waals surface area contributed by atoms with Crippen LogP contribution in [-0.4, -0.2) is 27.4 Å². The van der Waals surface area contributed by atoms with Crippen molar-refractivity contribution in [2.24, 2.45) is 5.73 Å². The molecule has 0 bridgehead atoms. The molecular formula is C13H28N2O. The number of piperidine rings is 1. The summed E-state index contributed by atoms with van der Waals surface area (Å²) < 4.78 is 0. The molecule has 3 N–H and O–H groups in total. The third kappa shape index (κ3) is 2.96. The number of hydrogen-bond donors (Lipinski definition) is 2. The smallest absolute Gasteiger partial charge is 0.0453 e. The van der Waals surface area contributed by atoms with Crippen LogP contribution in [0.5, 0.6) is 0 Å². The van der Waals surface area contributed by atoms with Gasteiger partial charge < -0.3 is 10.9 Å². The monoisotopic (exact) mass is 228 g/mol. The summed E-state index contributed by atoms with van der Waals surface area (Å²) in [5, 5.41) is 11.9. The van der Waals surface area contributed by atoms with Crippen LogP contribution in [0.3, 0.4) is 0 Å². The standard InChI is InChI=1S/C13H28N2O/c1-5-6-7-8-13(4)10-11(14)9-12(2,3)15(13)16/h11,16H,5-10,14H2,1-4H3.